The number of carbonyl (C=O) groups excluding carboxylic acids is 2. The molecule has 1 aliphatic heterocycles. The Hall–Kier alpha value is -3.08. The zero-order valence-corrected chi connectivity index (χ0v) is 17.3. The molecule has 1 atom stereocenters. The van der Waals surface area contributed by atoms with Crippen LogP contribution >= 0.6 is 0 Å². The van der Waals surface area contributed by atoms with Gasteiger partial charge in [0.1, 0.15) is 11.2 Å². The topological polar surface area (TPSA) is 54.3 Å². The van der Waals surface area contributed by atoms with E-state index in [-0.39, 0.29) is 17.9 Å². The number of para-hydroxylation sites is 1. The van der Waals surface area contributed by atoms with Gasteiger partial charge in [-0.1, -0.05) is 61.4 Å². The molecule has 2 heterocycles. The van der Waals surface area contributed by atoms with Crippen LogP contribution < -0.4 is 5.32 Å². The second kappa shape index (κ2) is 7.31. The van der Waals surface area contributed by atoms with Gasteiger partial charge in [-0.3, -0.25) is 9.59 Å². The van der Waals surface area contributed by atoms with E-state index in [1.807, 2.05) is 72.2 Å². The molecule has 1 saturated carbocycles. The second-order valence-electron chi connectivity index (χ2n) is 8.78. The van der Waals surface area contributed by atoms with Gasteiger partial charge < -0.3 is 14.8 Å². The lowest BCUT2D eigenvalue weighted by Crippen LogP contribution is -2.64. The fourth-order valence-corrected chi connectivity index (χ4v) is 4.93. The lowest BCUT2D eigenvalue weighted by atomic mass is 9.93. The average Bonchev–Trinajstić information content (AvgIpc) is 3.40. The van der Waals surface area contributed by atoms with Crippen molar-refractivity contribution in [1.29, 1.82) is 0 Å². The molecule has 30 heavy (non-hydrogen) atoms. The molecule has 1 aliphatic carbocycles. The van der Waals surface area contributed by atoms with E-state index in [1.165, 1.54) is 0 Å². The lowest BCUT2D eigenvalue weighted by Gasteiger charge is -2.44. The maximum Gasteiger partial charge on any atom is 0.271 e. The van der Waals surface area contributed by atoms with Crippen molar-refractivity contribution in [1.82, 2.24) is 14.8 Å². The van der Waals surface area contributed by atoms with Gasteiger partial charge in [-0.15, -0.1) is 0 Å². The van der Waals surface area contributed by atoms with Gasteiger partial charge in [0, 0.05) is 23.5 Å². The summed E-state index contributed by atoms with van der Waals surface area (Å²) in [6.45, 7) is 2.78. The number of nitrogens with zero attached hydrogens (tertiary/aromatic N) is 2. The minimum Gasteiger partial charge on any atom is -0.351 e. The van der Waals surface area contributed by atoms with Gasteiger partial charge in [-0.25, -0.2) is 0 Å². The van der Waals surface area contributed by atoms with E-state index in [9.17, 15) is 9.59 Å². The van der Waals surface area contributed by atoms with Gasteiger partial charge in [0.05, 0.1) is 6.54 Å². The molecule has 0 radical (unpaired) electrons. The summed E-state index contributed by atoms with van der Waals surface area (Å²) in [5, 5.41) is 4.28. The molecule has 2 amide bonds. The Bertz CT molecular complexity index is 1100. The summed E-state index contributed by atoms with van der Waals surface area (Å²) in [5.41, 5.74) is 1.72. The fraction of sp³-hybridized carbons (Fsp3) is 0.360. The maximum absolute atomic E-state index is 13.7. The summed E-state index contributed by atoms with van der Waals surface area (Å²) < 4.78 is 2.02. The van der Waals surface area contributed by atoms with Crippen LogP contribution in [0.1, 0.15) is 48.7 Å². The van der Waals surface area contributed by atoms with Crippen LogP contribution in [0, 0.1) is 0 Å². The van der Waals surface area contributed by atoms with Crippen LogP contribution in [0.3, 0.4) is 0 Å². The highest BCUT2D eigenvalue weighted by molar-refractivity contribution is 6.03. The number of hydrogen-bond donors (Lipinski definition) is 1. The monoisotopic (exact) mass is 401 g/mol. The Labute approximate surface area is 176 Å². The largest absolute Gasteiger partial charge is 0.351 e. The molecule has 1 fully saturated rings. The molecule has 1 N–H and O–H groups in total. The summed E-state index contributed by atoms with van der Waals surface area (Å²) in [4.78, 5) is 29.0. The Morgan fingerprint density at radius 2 is 1.77 bits per heavy atom. The molecule has 0 spiro atoms. The van der Waals surface area contributed by atoms with E-state index < -0.39 is 5.54 Å². The highest BCUT2D eigenvalue weighted by Crippen LogP contribution is 2.34. The zero-order valence-electron chi connectivity index (χ0n) is 17.3. The normalized spacial score (nSPS) is 21.8. The van der Waals surface area contributed by atoms with Crippen molar-refractivity contribution in [3.8, 4) is 0 Å². The van der Waals surface area contributed by atoms with Gasteiger partial charge in [0.15, 0.2) is 0 Å². The molecule has 2 aromatic carbocycles. The third-order valence-corrected chi connectivity index (χ3v) is 6.70. The van der Waals surface area contributed by atoms with E-state index in [1.54, 1.807) is 4.90 Å². The molecule has 0 saturated heterocycles. The van der Waals surface area contributed by atoms with Gasteiger partial charge >= 0.3 is 0 Å². The molecule has 5 rings (SSSR count). The van der Waals surface area contributed by atoms with Crippen molar-refractivity contribution in [3.05, 3.63) is 71.9 Å². The van der Waals surface area contributed by atoms with Crippen LogP contribution in [0.2, 0.25) is 0 Å². The second-order valence-corrected chi connectivity index (χ2v) is 8.78. The van der Waals surface area contributed by atoms with Crippen LogP contribution in [0.5, 0.6) is 0 Å². The minimum atomic E-state index is -0.954. The SMILES string of the molecule is C[C@]1(C(=O)NC2CCCC2)Cn2c(cc3ccccc32)C(=O)N1Cc1ccccc1. The number of rotatable bonds is 4. The van der Waals surface area contributed by atoms with Crippen molar-refractivity contribution >= 4 is 22.7 Å². The highest BCUT2D eigenvalue weighted by atomic mass is 16.2. The third-order valence-electron chi connectivity index (χ3n) is 6.70. The standard InChI is InChI=1S/C25H27N3O2/c1-25(24(30)26-20-12-6-7-13-20)17-27-21-14-8-5-11-19(21)15-22(27)23(29)28(25)16-18-9-3-2-4-10-18/h2-5,8-11,14-15,20H,6-7,12-13,16-17H2,1H3,(H,26,30)/t25-/m1/s1. The molecular weight excluding hydrogens is 374 g/mol. The maximum atomic E-state index is 13.7. The Morgan fingerprint density at radius 3 is 2.53 bits per heavy atom. The molecule has 2 aliphatic rings. The number of carbonyl (C=O) groups is 2. The summed E-state index contributed by atoms with van der Waals surface area (Å²) in [6, 6.07) is 20.1. The highest BCUT2D eigenvalue weighted by Gasteiger charge is 2.48. The van der Waals surface area contributed by atoms with Crippen LogP contribution in [-0.2, 0) is 17.9 Å². The van der Waals surface area contributed by atoms with Crippen LogP contribution in [0.25, 0.3) is 10.9 Å². The lowest BCUT2D eigenvalue weighted by molar-refractivity contribution is -0.133. The molecule has 5 nitrogen and oxygen atoms in total. The Kier molecular flexibility index (Phi) is 4.61. The molecule has 0 unspecified atom stereocenters. The van der Waals surface area contributed by atoms with Crippen LogP contribution in [-0.4, -0.2) is 32.9 Å². The Morgan fingerprint density at radius 1 is 1.07 bits per heavy atom. The van der Waals surface area contributed by atoms with Gasteiger partial charge in [-0.05, 0) is 37.5 Å². The molecule has 0 bridgehead atoms. The number of benzene rings is 2. The first-order valence-electron chi connectivity index (χ1n) is 10.8. The summed E-state index contributed by atoms with van der Waals surface area (Å²) in [7, 11) is 0. The first-order valence-corrected chi connectivity index (χ1v) is 10.8. The zero-order chi connectivity index (χ0) is 20.7. The number of nitrogens with one attached hydrogen (secondary N) is 1. The van der Waals surface area contributed by atoms with E-state index in [4.69, 9.17) is 0 Å². The van der Waals surface area contributed by atoms with Crippen LogP contribution in [0.4, 0.5) is 0 Å². The number of amides is 2. The van der Waals surface area contributed by atoms with Crippen molar-refractivity contribution < 1.29 is 9.59 Å². The van der Waals surface area contributed by atoms with E-state index in [0.717, 1.165) is 42.1 Å². The van der Waals surface area contributed by atoms with Crippen LogP contribution in [0.15, 0.2) is 60.7 Å². The smallest absolute Gasteiger partial charge is 0.271 e. The molecule has 154 valence electrons. The number of aromatic nitrogens is 1. The third kappa shape index (κ3) is 3.09. The predicted octanol–water partition coefficient (Wildman–Crippen LogP) is 4.11. The number of fused-ring (bicyclic) bond motifs is 3. The fourth-order valence-electron chi connectivity index (χ4n) is 4.93. The van der Waals surface area contributed by atoms with Gasteiger partial charge in [0.25, 0.3) is 5.91 Å². The first-order chi connectivity index (χ1) is 14.6. The molecule has 1 aromatic heterocycles. The predicted molar refractivity (Wildman–Crippen MR) is 117 cm³/mol. The molecular formula is C25H27N3O2. The summed E-state index contributed by atoms with van der Waals surface area (Å²) >= 11 is 0. The quantitative estimate of drug-likeness (QED) is 0.715. The van der Waals surface area contributed by atoms with E-state index >= 15 is 0 Å². The molecule has 3 aromatic rings. The van der Waals surface area contributed by atoms with Gasteiger partial charge in [-0.2, -0.15) is 0 Å². The summed E-state index contributed by atoms with van der Waals surface area (Å²) in [6.07, 6.45) is 4.35. The Balaban J connectivity index is 1.57. The van der Waals surface area contributed by atoms with Crippen molar-refractivity contribution in [3.63, 3.8) is 0 Å². The van der Waals surface area contributed by atoms with E-state index in [2.05, 4.69) is 5.32 Å². The summed E-state index contributed by atoms with van der Waals surface area (Å²) in [5.74, 6) is -0.146. The minimum absolute atomic E-state index is 0.0536. The average molecular weight is 402 g/mol. The first kappa shape index (κ1) is 18.9. The number of hydrogen-bond acceptors (Lipinski definition) is 2. The molecule has 5 heteroatoms. The van der Waals surface area contributed by atoms with Crippen molar-refractivity contribution in [2.45, 2.75) is 57.3 Å². The van der Waals surface area contributed by atoms with Gasteiger partial charge in [0.2, 0.25) is 5.91 Å². The van der Waals surface area contributed by atoms with E-state index in [0.29, 0.717) is 18.8 Å². The van der Waals surface area contributed by atoms with Crippen molar-refractivity contribution in [2.75, 3.05) is 0 Å². The van der Waals surface area contributed by atoms with Crippen molar-refractivity contribution in [2.24, 2.45) is 0 Å².